The molecule has 0 bridgehead atoms. The second-order valence-electron chi connectivity index (χ2n) is 9.57. The standard InChI is InChI=1S/C25H55NO5P2/c1-19(2)28-24(29-20(3)4)17-32-15-9-11-23(27-14-10-13-26)12-16-33-18-25(30-21(5)6)31-22(7)8/h19-25,32-33H,9-18,26H2,1-8H3. The molecule has 33 heavy (non-hydrogen) atoms. The molecule has 0 saturated heterocycles. The van der Waals surface area contributed by atoms with Crippen LogP contribution in [0, 0.1) is 0 Å². The van der Waals surface area contributed by atoms with Crippen molar-refractivity contribution in [1.29, 1.82) is 0 Å². The normalized spacial score (nSPS) is 14.3. The minimum absolute atomic E-state index is 0.0878. The van der Waals surface area contributed by atoms with E-state index < -0.39 is 0 Å². The first kappa shape index (κ1) is 33.6. The summed E-state index contributed by atoms with van der Waals surface area (Å²) in [4.78, 5) is 0. The van der Waals surface area contributed by atoms with E-state index in [4.69, 9.17) is 29.4 Å². The highest BCUT2D eigenvalue weighted by molar-refractivity contribution is 7.38. The molecule has 200 valence electrons. The van der Waals surface area contributed by atoms with Gasteiger partial charge in [0.2, 0.25) is 0 Å². The maximum atomic E-state index is 6.17. The van der Waals surface area contributed by atoms with Crippen LogP contribution in [0.2, 0.25) is 0 Å². The molecule has 0 aliphatic carbocycles. The molecule has 0 saturated carbocycles. The van der Waals surface area contributed by atoms with Crippen molar-refractivity contribution >= 4 is 17.2 Å². The Morgan fingerprint density at radius 3 is 1.48 bits per heavy atom. The van der Waals surface area contributed by atoms with Crippen LogP contribution in [0.3, 0.4) is 0 Å². The second-order valence-corrected chi connectivity index (χ2v) is 12.4. The molecule has 0 fully saturated rings. The van der Waals surface area contributed by atoms with Gasteiger partial charge in [0, 0.05) is 18.9 Å². The third-order valence-electron chi connectivity index (χ3n) is 4.54. The van der Waals surface area contributed by atoms with Crippen molar-refractivity contribution in [3.8, 4) is 0 Å². The third-order valence-corrected chi connectivity index (χ3v) is 7.14. The van der Waals surface area contributed by atoms with Crippen LogP contribution in [0.25, 0.3) is 0 Å². The highest BCUT2D eigenvalue weighted by atomic mass is 31.1. The predicted molar refractivity (Wildman–Crippen MR) is 146 cm³/mol. The number of rotatable bonds is 23. The van der Waals surface area contributed by atoms with Crippen LogP contribution >= 0.6 is 17.2 Å². The maximum absolute atomic E-state index is 6.17. The fourth-order valence-corrected chi connectivity index (χ4v) is 5.52. The van der Waals surface area contributed by atoms with Crippen molar-refractivity contribution in [2.75, 3.05) is 37.8 Å². The van der Waals surface area contributed by atoms with E-state index in [1.807, 2.05) is 0 Å². The molecule has 0 spiro atoms. The predicted octanol–water partition coefficient (Wildman–Crippen LogP) is 5.60. The summed E-state index contributed by atoms with van der Waals surface area (Å²) < 4.78 is 29.9. The molecule has 8 heteroatoms. The summed E-state index contributed by atoms with van der Waals surface area (Å²) in [5, 5.41) is 0. The van der Waals surface area contributed by atoms with Gasteiger partial charge in [0.15, 0.2) is 12.6 Å². The van der Waals surface area contributed by atoms with Crippen molar-refractivity contribution in [1.82, 2.24) is 0 Å². The van der Waals surface area contributed by atoms with Gasteiger partial charge in [-0.1, -0.05) is 0 Å². The molecule has 0 aromatic rings. The molecular weight excluding hydrogens is 456 g/mol. The summed E-state index contributed by atoms with van der Waals surface area (Å²) >= 11 is 0. The molecule has 0 radical (unpaired) electrons. The summed E-state index contributed by atoms with van der Waals surface area (Å²) in [7, 11) is 1.67. The smallest absolute Gasteiger partial charge is 0.161 e. The third kappa shape index (κ3) is 22.8. The number of nitrogens with two attached hydrogens (primary N) is 1. The highest BCUT2D eigenvalue weighted by Gasteiger charge is 2.16. The first-order chi connectivity index (χ1) is 15.6. The minimum Gasteiger partial charge on any atom is -0.378 e. The van der Waals surface area contributed by atoms with Crippen molar-refractivity contribution < 1.29 is 23.7 Å². The first-order valence-electron chi connectivity index (χ1n) is 13.0. The zero-order valence-corrected chi connectivity index (χ0v) is 24.7. The molecule has 0 amide bonds. The Labute approximate surface area is 208 Å². The monoisotopic (exact) mass is 511 g/mol. The highest BCUT2D eigenvalue weighted by Crippen LogP contribution is 2.23. The number of ether oxygens (including phenoxy) is 5. The van der Waals surface area contributed by atoms with Gasteiger partial charge in [0.05, 0.1) is 30.5 Å². The van der Waals surface area contributed by atoms with Crippen molar-refractivity contribution in [2.45, 2.75) is 124 Å². The molecule has 3 atom stereocenters. The molecule has 0 aliphatic rings. The molecule has 2 N–H and O–H groups in total. The SMILES string of the molecule is CC(C)OC(CPCCCC(CCPCC(OC(C)C)OC(C)C)OCCCN)OC(C)C. The molecule has 0 rings (SSSR count). The molecule has 0 aromatic heterocycles. The second kappa shape index (κ2) is 21.9. The fraction of sp³-hybridized carbons (Fsp3) is 1.00. The van der Waals surface area contributed by atoms with E-state index in [1.54, 1.807) is 0 Å². The van der Waals surface area contributed by atoms with E-state index in [-0.39, 0.29) is 37.0 Å². The summed E-state index contributed by atoms with van der Waals surface area (Å²) in [6.07, 6.45) is 9.47. The molecule has 0 aliphatic heterocycles. The number of hydrogen-bond donors (Lipinski definition) is 1. The van der Waals surface area contributed by atoms with Gasteiger partial charge in [-0.25, -0.2) is 0 Å². The molecule has 3 unspecified atom stereocenters. The summed E-state index contributed by atoms with van der Waals surface area (Å²) in [6.45, 7) is 18.0. The van der Waals surface area contributed by atoms with E-state index in [2.05, 4.69) is 55.4 Å². The van der Waals surface area contributed by atoms with E-state index in [0.29, 0.717) is 12.6 Å². The van der Waals surface area contributed by atoms with Gasteiger partial charge < -0.3 is 29.4 Å². The Balaban J connectivity index is 4.32. The average molecular weight is 512 g/mol. The lowest BCUT2D eigenvalue weighted by Crippen LogP contribution is -2.26. The van der Waals surface area contributed by atoms with Gasteiger partial charge in [-0.15, -0.1) is 17.2 Å². The Hall–Kier alpha value is 0.620. The van der Waals surface area contributed by atoms with Crippen LogP contribution in [0.5, 0.6) is 0 Å². The van der Waals surface area contributed by atoms with Gasteiger partial charge in [-0.2, -0.15) is 0 Å². The fourth-order valence-electron chi connectivity index (χ4n) is 3.27. The summed E-state index contributed by atoms with van der Waals surface area (Å²) in [5.74, 6) is 0. The van der Waals surface area contributed by atoms with E-state index >= 15 is 0 Å². The lowest BCUT2D eigenvalue weighted by molar-refractivity contribution is -0.167. The van der Waals surface area contributed by atoms with Crippen LogP contribution in [0.1, 0.15) is 81.1 Å². The van der Waals surface area contributed by atoms with Gasteiger partial charge in [0.25, 0.3) is 0 Å². The Morgan fingerprint density at radius 1 is 0.606 bits per heavy atom. The molecule has 6 nitrogen and oxygen atoms in total. The Bertz CT molecular complexity index is 408. The zero-order valence-electron chi connectivity index (χ0n) is 22.7. The van der Waals surface area contributed by atoms with Crippen LogP contribution in [-0.2, 0) is 23.7 Å². The number of hydrogen-bond acceptors (Lipinski definition) is 6. The van der Waals surface area contributed by atoms with Crippen LogP contribution in [0.15, 0.2) is 0 Å². The molecule has 0 aromatic carbocycles. The van der Waals surface area contributed by atoms with Gasteiger partial charge in [-0.05, 0) is 99.9 Å². The zero-order chi connectivity index (χ0) is 25.1. The van der Waals surface area contributed by atoms with Crippen molar-refractivity contribution in [3.05, 3.63) is 0 Å². The average Bonchev–Trinajstić information content (AvgIpc) is 2.68. The van der Waals surface area contributed by atoms with Gasteiger partial charge in [-0.3, -0.25) is 0 Å². The minimum atomic E-state index is -0.102. The Morgan fingerprint density at radius 2 is 1.06 bits per heavy atom. The van der Waals surface area contributed by atoms with E-state index in [0.717, 1.165) is 61.5 Å². The lowest BCUT2D eigenvalue weighted by Gasteiger charge is -2.24. The maximum Gasteiger partial charge on any atom is 0.161 e. The van der Waals surface area contributed by atoms with E-state index in [9.17, 15) is 0 Å². The molecular formula is C25H55NO5P2. The Kier molecular flexibility index (Phi) is 22.3. The quantitative estimate of drug-likeness (QED) is 0.109. The summed E-state index contributed by atoms with van der Waals surface area (Å²) in [6, 6.07) is 0. The van der Waals surface area contributed by atoms with E-state index in [1.165, 1.54) is 12.6 Å². The largest absolute Gasteiger partial charge is 0.378 e. The summed E-state index contributed by atoms with van der Waals surface area (Å²) in [5.41, 5.74) is 5.66. The van der Waals surface area contributed by atoms with Crippen LogP contribution in [0.4, 0.5) is 0 Å². The first-order valence-corrected chi connectivity index (χ1v) is 15.8. The van der Waals surface area contributed by atoms with Crippen LogP contribution in [-0.4, -0.2) is 80.9 Å². The van der Waals surface area contributed by atoms with Gasteiger partial charge >= 0.3 is 0 Å². The topological polar surface area (TPSA) is 72.2 Å². The lowest BCUT2D eigenvalue weighted by atomic mass is 10.1. The molecule has 0 heterocycles. The van der Waals surface area contributed by atoms with Crippen molar-refractivity contribution in [3.63, 3.8) is 0 Å². The van der Waals surface area contributed by atoms with Crippen LogP contribution < -0.4 is 5.73 Å². The van der Waals surface area contributed by atoms with Crippen molar-refractivity contribution in [2.24, 2.45) is 5.73 Å². The van der Waals surface area contributed by atoms with Gasteiger partial charge in [0.1, 0.15) is 0 Å².